The minimum absolute atomic E-state index is 0.178. The number of benzene rings is 1. The zero-order chi connectivity index (χ0) is 12.4. The number of aryl methyl sites for hydroxylation is 2. The van der Waals surface area contributed by atoms with Crippen molar-refractivity contribution < 1.29 is 9.84 Å². The van der Waals surface area contributed by atoms with Crippen molar-refractivity contribution in [1.29, 1.82) is 0 Å². The lowest BCUT2D eigenvalue weighted by atomic mass is 10.0. The van der Waals surface area contributed by atoms with Crippen LogP contribution in [0.2, 0.25) is 0 Å². The first kappa shape index (κ1) is 11.4. The molecule has 0 unspecified atom stereocenters. The van der Waals surface area contributed by atoms with Gasteiger partial charge in [0.15, 0.2) is 0 Å². The first-order valence-electron chi connectivity index (χ1n) is 5.29. The van der Waals surface area contributed by atoms with Crippen LogP contribution in [0.1, 0.15) is 11.4 Å². The number of hydrogen-bond acceptors (Lipinski definition) is 4. The van der Waals surface area contributed by atoms with Crippen LogP contribution in [0.3, 0.4) is 0 Å². The van der Waals surface area contributed by atoms with E-state index in [4.69, 9.17) is 4.74 Å². The molecule has 0 radical (unpaired) electrons. The summed E-state index contributed by atoms with van der Waals surface area (Å²) in [6.07, 6.45) is 1.54. The molecule has 4 nitrogen and oxygen atoms in total. The Balaban J connectivity index is 2.68. The van der Waals surface area contributed by atoms with Crippen LogP contribution in [0.15, 0.2) is 24.5 Å². The number of aromatic nitrogens is 2. The number of phenolic OH excluding ortho intramolecular Hbond substituents is 1. The first-order chi connectivity index (χ1) is 8.13. The second-order valence-electron chi connectivity index (χ2n) is 3.80. The number of phenols is 1. The van der Waals surface area contributed by atoms with Gasteiger partial charge in [-0.05, 0) is 26.0 Å². The molecule has 0 bridgehead atoms. The molecule has 1 aromatic heterocycles. The molecule has 1 N–H and O–H groups in total. The molecule has 2 aromatic rings. The summed E-state index contributed by atoms with van der Waals surface area (Å²) < 4.78 is 5.28. The topological polar surface area (TPSA) is 55.2 Å². The van der Waals surface area contributed by atoms with Crippen molar-refractivity contribution >= 4 is 0 Å². The van der Waals surface area contributed by atoms with Gasteiger partial charge in [-0.15, -0.1) is 0 Å². The SMILES string of the molecule is COc1cc(O)ccc1-c1c(C)ncnc1C. The normalized spacial score (nSPS) is 10.3. The summed E-state index contributed by atoms with van der Waals surface area (Å²) in [7, 11) is 1.58. The fourth-order valence-corrected chi connectivity index (χ4v) is 1.87. The fourth-order valence-electron chi connectivity index (χ4n) is 1.87. The van der Waals surface area contributed by atoms with Crippen LogP contribution in [0, 0.1) is 13.8 Å². The monoisotopic (exact) mass is 230 g/mol. The summed E-state index contributed by atoms with van der Waals surface area (Å²) in [6.45, 7) is 3.85. The summed E-state index contributed by atoms with van der Waals surface area (Å²) in [5, 5.41) is 9.44. The lowest BCUT2D eigenvalue weighted by molar-refractivity contribution is 0.409. The van der Waals surface area contributed by atoms with Gasteiger partial charge >= 0.3 is 0 Å². The highest BCUT2D eigenvalue weighted by Crippen LogP contribution is 2.35. The Kier molecular flexibility index (Phi) is 2.95. The maximum atomic E-state index is 9.44. The molecule has 1 aromatic carbocycles. The van der Waals surface area contributed by atoms with E-state index in [2.05, 4.69) is 9.97 Å². The Bertz CT molecular complexity index is 533. The third kappa shape index (κ3) is 2.06. The Labute approximate surface area is 99.9 Å². The molecule has 1 heterocycles. The minimum Gasteiger partial charge on any atom is -0.508 e. The van der Waals surface area contributed by atoms with Gasteiger partial charge in [-0.25, -0.2) is 9.97 Å². The highest BCUT2D eigenvalue weighted by molar-refractivity contribution is 5.74. The predicted octanol–water partition coefficient (Wildman–Crippen LogP) is 2.47. The highest BCUT2D eigenvalue weighted by Gasteiger charge is 2.13. The van der Waals surface area contributed by atoms with Crippen LogP contribution in [0.4, 0.5) is 0 Å². The van der Waals surface area contributed by atoms with Crippen LogP contribution >= 0.6 is 0 Å². The minimum atomic E-state index is 0.178. The average molecular weight is 230 g/mol. The molecule has 0 atom stereocenters. The molecular weight excluding hydrogens is 216 g/mol. The van der Waals surface area contributed by atoms with E-state index in [-0.39, 0.29) is 5.75 Å². The van der Waals surface area contributed by atoms with E-state index >= 15 is 0 Å². The van der Waals surface area contributed by atoms with E-state index in [1.54, 1.807) is 25.6 Å². The van der Waals surface area contributed by atoms with Crippen molar-refractivity contribution in [3.8, 4) is 22.6 Å². The number of methoxy groups -OCH3 is 1. The molecule has 0 aliphatic rings. The van der Waals surface area contributed by atoms with Crippen molar-refractivity contribution in [2.45, 2.75) is 13.8 Å². The molecule has 0 aliphatic heterocycles. The number of rotatable bonds is 2. The Hall–Kier alpha value is -2.10. The summed E-state index contributed by atoms with van der Waals surface area (Å²) >= 11 is 0. The quantitative estimate of drug-likeness (QED) is 0.861. The van der Waals surface area contributed by atoms with Crippen molar-refractivity contribution in [3.63, 3.8) is 0 Å². The molecule has 0 amide bonds. The second-order valence-corrected chi connectivity index (χ2v) is 3.80. The van der Waals surface area contributed by atoms with Gasteiger partial charge in [-0.3, -0.25) is 0 Å². The van der Waals surface area contributed by atoms with Crippen LogP contribution in [-0.2, 0) is 0 Å². The molecule has 0 aliphatic carbocycles. The molecule has 17 heavy (non-hydrogen) atoms. The van der Waals surface area contributed by atoms with Crippen molar-refractivity contribution in [1.82, 2.24) is 9.97 Å². The number of aromatic hydroxyl groups is 1. The molecule has 0 saturated carbocycles. The number of ether oxygens (including phenoxy) is 1. The molecule has 0 saturated heterocycles. The van der Waals surface area contributed by atoms with E-state index in [1.165, 1.54) is 0 Å². The van der Waals surface area contributed by atoms with E-state index in [9.17, 15) is 5.11 Å². The summed E-state index contributed by atoms with van der Waals surface area (Å²) in [5.41, 5.74) is 3.62. The average Bonchev–Trinajstić information content (AvgIpc) is 2.30. The van der Waals surface area contributed by atoms with Crippen molar-refractivity contribution in [3.05, 3.63) is 35.9 Å². The molecule has 2 rings (SSSR count). The van der Waals surface area contributed by atoms with Gasteiger partial charge in [0.05, 0.1) is 7.11 Å². The molecular formula is C13H14N2O2. The Morgan fingerprint density at radius 3 is 2.35 bits per heavy atom. The second kappa shape index (κ2) is 4.41. The zero-order valence-corrected chi connectivity index (χ0v) is 10.1. The van der Waals surface area contributed by atoms with Gasteiger partial charge in [0, 0.05) is 28.6 Å². The molecule has 88 valence electrons. The van der Waals surface area contributed by atoms with Crippen LogP contribution in [-0.4, -0.2) is 22.2 Å². The van der Waals surface area contributed by atoms with Gasteiger partial charge in [-0.1, -0.05) is 0 Å². The maximum absolute atomic E-state index is 9.44. The lowest BCUT2D eigenvalue weighted by Crippen LogP contribution is -1.96. The highest BCUT2D eigenvalue weighted by atomic mass is 16.5. The van der Waals surface area contributed by atoms with Crippen LogP contribution in [0.5, 0.6) is 11.5 Å². The lowest BCUT2D eigenvalue weighted by Gasteiger charge is -2.12. The van der Waals surface area contributed by atoms with Crippen LogP contribution < -0.4 is 4.74 Å². The first-order valence-corrected chi connectivity index (χ1v) is 5.29. The van der Waals surface area contributed by atoms with Crippen LogP contribution in [0.25, 0.3) is 11.1 Å². The largest absolute Gasteiger partial charge is 0.508 e. The predicted molar refractivity (Wildman–Crippen MR) is 65.2 cm³/mol. The number of nitrogens with zero attached hydrogens (tertiary/aromatic N) is 2. The van der Waals surface area contributed by atoms with Gasteiger partial charge < -0.3 is 9.84 Å². The van der Waals surface area contributed by atoms with Gasteiger partial charge in [0.25, 0.3) is 0 Å². The van der Waals surface area contributed by atoms with Gasteiger partial charge in [0.2, 0.25) is 0 Å². The number of hydrogen-bond donors (Lipinski definition) is 1. The summed E-state index contributed by atoms with van der Waals surface area (Å²) in [4.78, 5) is 8.37. The zero-order valence-electron chi connectivity index (χ0n) is 10.1. The maximum Gasteiger partial charge on any atom is 0.130 e. The van der Waals surface area contributed by atoms with E-state index in [1.807, 2.05) is 19.9 Å². The fraction of sp³-hybridized carbons (Fsp3) is 0.231. The summed E-state index contributed by atoms with van der Waals surface area (Å²) in [6, 6.07) is 5.03. The molecule has 0 fully saturated rings. The Morgan fingerprint density at radius 2 is 1.76 bits per heavy atom. The molecule has 4 heteroatoms. The Morgan fingerprint density at radius 1 is 1.12 bits per heavy atom. The standard InChI is InChI=1S/C13H14N2O2/c1-8-13(9(2)15-7-14-8)11-5-4-10(16)6-12(11)17-3/h4-7,16H,1-3H3. The van der Waals surface area contributed by atoms with Gasteiger partial charge in [-0.2, -0.15) is 0 Å². The smallest absolute Gasteiger partial charge is 0.130 e. The third-order valence-electron chi connectivity index (χ3n) is 2.68. The van der Waals surface area contributed by atoms with Crippen molar-refractivity contribution in [2.75, 3.05) is 7.11 Å². The van der Waals surface area contributed by atoms with Gasteiger partial charge in [0.1, 0.15) is 17.8 Å². The van der Waals surface area contributed by atoms with E-state index in [0.717, 1.165) is 22.5 Å². The summed E-state index contributed by atoms with van der Waals surface area (Å²) in [5.74, 6) is 0.795. The molecule has 0 spiro atoms. The van der Waals surface area contributed by atoms with Crippen molar-refractivity contribution in [2.24, 2.45) is 0 Å². The van der Waals surface area contributed by atoms with E-state index in [0.29, 0.717) is 5.75 Å². The van der Waals surface area contributed by atoms with E-state index < -0.39 is 0 Å². The third-order valence-corrected chi connectivity index (χ3v) is 2.68.